The molecule has 0 bridgehead atoms. The second kappa shape index (κ2) is 25.7. The Hall–Kier alpha value is -7.30. The van der Waals surface area contributed by atoms with E-state index in [-0.39, 0.29) is 34.0 Å². The number of carbonyl (C=O) groups is 3. The Bertz CT molecular complexity index is 3640. The van der Waals surface area contributed by atoms with Crippen LogP contribution in [-0.2, 0) is 45.5 Å². The lowest BCUT2D eigenvalue weighted by Gasteiger charge is -2.38. The zero-order chi connectivity index (χ0) is 59.3. The number of aryl methyl sites for hydroxylation is 2. The molecule has 3 fully saturated rings. The summed E-state index contributed by atoms with van der Waals surface area (Å²) in [5.41, 5.74) is 29.7. The number of carbonyl (C=O) groups excluding carboxylic acids is 3. The maximum Gasteiger partial charge on any atom is 0.265 e. The molecule has 6 aliphatic rings. The van der Waals surface area contributed by atoms with E-state index < -0.39 is 0 Å². The third kappa shape index (κ3) is 12.8. The minimum atomic E-state index is -0.00921. The molecule has 7 heterocycles. The highest BCUT2D eigenvalue weighted by Crippen LogP contribution is 2.49. The Morgan fingerprint density at radius 2 is 0.929 bits per heavy atom. The van der Waals surface area contributed by atoms with E-state index in [4.69, 9.17) is 54.6 Å². The van der Waals surface area contributed by atoms with E-state index in [9.17, 15) is 14.4 Å². The minimum Gasteiger partial charge on any atom is -0.492 e. The lowest BCUT2D eigenvalue weighted by molar-refractivity contribution is -0.128. The zero-order valence-electron chi connectivity index (χ0n) is 48.3. The highest BCUT2D eigenvalue weighted by atomic mass is 35.5. The van der Waals surface area contributed by atoms with Gasteiger partial charge < -0.3 is 46.1 Å². The van der Waals surface area contributed by atoms with Gasteiger partial charge in [0.1, 0.15) is 22.1 Å². The molecule has 13 nitrogen and oxygen atoms in total. The zero-order valence-corrected chi connectivity index (χ0v) is 50.6. The first-order valence-electron chi connectivity index (χ1n) is 29.4. The molecular weight excluding hydrogens is 1130 g/mol. The predicted molar refractivity (Wildman–Crippen MR) is 339 cm³/mol. The monoisotopic (exact) mass is 1200 g/mol. The van der Waals surface area contributed by atoms with Crippen LogP contribution < -0.4 is 31.4 Å². The Labute approximate surface area is 512 Å². The molecule has 7 aromatic rings. The number of hydrogen-bond acceptors (Lipinski definition) is 11. The third-order valence-corrected chi connectivity index (χ3v) is 19.8. The van der Waals surface area contributed by atoms with Crippen LogP contribution >= 0.6 is 34.5 Å². The van der Waals surface area contributed by atoms with Gasteiger partial charge >= 0.3 is 0 Å². The van der Waals surface area contributed by atoms with Crippen molar-refractivity contribution in [1.82, 2.24) is 19.7 Å². The van der Waals surface area contributed by atoms with Crippen molar-refractivity contribution in [3.63, 3.8) is 0 Å². The molecule has 6 N–H and O–H groups in total. The van der Waals surface area contributed by atoms with Gasteiger partial charge in [0, 0.05) is 104 Å². The number of likely N-dealkylation sites (tertiary alicyclic amines) is 3. The fraction of sp³-hybridized carbons (Fsp3) is 0.333. The number of nitrogens with zero attached hydrogens (tertiary/aromatic N) is 4. The average molecular weight is 1200 g/mol. The number of benzene rings is 6. The molecule has 1 aromatic heterocycles. The van der Waals surface area contributed by atoms with Crippen LogP contribution in [0.15, 0.2) is 140 Å². The first-order chi connectivity index (χ1) is 41.2. The van der Waals surface area contributed by atoms with E-state index in [0.29, 0.717) is 62.6 Å². The molecule has 16 heteroatoms. The topological polar surface area (TPSA) is 180 Å². The molecular formula is C69H73Cl2N7O6S. The van der Waals surface area contributed by atoms with E-state index in [1.807, 2.05) is 95.3 Å². The Morgan fingerprint density at radius 1 is 0.518 bits per heavy atom. The number of rotatable bonds is 9. The van der Waals surface area contributed by atoms with Crippen molar-refractivity contribution in [3.05, 3.63) is 210 Å². The first kappa shape index (κ1) is 59.4. The van der Waals surface area contributed by atoms with Gasteiger partial charge in [0.25, 0.3) is 5.91 Å². The predicted octanol–water partition coefficient (Wildman–Crippen LogP) is 12.0. The summed E-state index contributed by atoms with van der Waals surface area (Å²) in [6.07, 6.45) is 12.4. The average Bonchev–Trinajstić information content (AvgIpc) is 2.49. The largest absolute Gasteiger partial charge is 0.492 e. The molecule has 0 unspecified atom stereocenters. The lowest BCUT2D eigenvalue weighted by atomic mass is 9.74. The summed E-state index contributed by atoms with van der Waals surface area (Å²) < 4.78 is 17.8. The fourth-order valence-corrected chi connectivity index (χ4v) is 14.0. The van der Waals surface area contributed by atoms with E-state index in [2.05, 4.69) is 59.6 Å². The summed E-state index contributed by atoms with van der Waals surface area (Å²) >= 11 is 13.5. The normalized spacial score (nSPS) is 17.6. The molecule has 0 atom stereocenters. The molecule has 13 rings (SSSR count). The number of amides is 3. The van der Waals surface area contributed by atoms with E-state index in [1.165, 1.54) is 39.2 Å². The molecule has 85 heavy (non-hydrogen) atoms. The molecule has 0 aliphatic carbocycles. The summed E-state index contributed by atoms with van der Waals surface area (Å²) in [5.74, 6) is 3.11. The summed E-state index contributed by atoms with van der Waals surface area (Å²) in [6.45, 7) is 11.9. The quantitative estimate of drug-likeness (QED) is 0.118. The van der Waals surface area contributed by atoms with Gasteiger partial charge in [-0.15, -0.1) is 11.3 Å². The van der Waals surface area contributed by atoms with Crippen LogP contribution in [0.1, 0.15) is 103 Å². The van der Waals surface area contributed by atoms with Gasteiger partial charge in [-0.1, -0.05) is 120 Å². The van der Waals surface area contributed by atoms with Crippen LogP contribution in [0.5, 0.6) is 17.2 Å². The van der Waals surface area contributed by atoms with Crippen LogP contribution in [-0.4, -0.2) is 96.5 Å². The van der Waals surface area contributed by atoms with E-state index >= 15 is 0 Å². The van der Waals surface area contributed by atoms with Crippen LogP contribution in [0, 0.1) is 13.8 Å². The van der Waals surface area contributed by atoms with Crippen molar-refractivity contribution in [1.29, 1.82) is 0 Å². The second-order valence-electron chi connectivity index (χ2n) is 23.2. The highest BCUT2D eigenvalue weighted by molar-refractivity contribution is 7.13. The van der Waals surface area contributed by atoms with Gasteiger partial charge in [0.15, 0.2) is 0 Å². The number of fused-ring (bicyclic) bond motifs is 6. The standard InChI is InChI=1S/C28H28N2O2.C22H22Cl2N2O2.C19H23N3O2S/c29-19-22-8-12-26-25(18-22)28(20-32-26)14-16-30(17-15-28)27(31)13-9-21-6-10-24(11-7-21)23-4-2-1-3-5-23;23-18-4-1-15(12-19(18)24)3-6-21(27)26-9-7-22(8-10-26)14-28-20-5-2-16(13-25)11-17(20)22;1-12-17(25-13(2)21-12)18(23)22-7-5-19(6-8-22)11-24-16-4-3-14(10-20)9-15(16)19/h1-13,18H,14-17,19-20,29H2;1-6,11-12H,7-10,13-14,25H2;3-4,9H,5-8,10-11,20H2,1-2H3/b13-9+;6-3+;. The van der Waals surface area contributed by atoms with Crippen molar-refractivity contribution >= 4 is 64.4 Å². The minimum absolute atomic E-state index is 0.00821. The van der Waals surface area contributed by atoms with Gasteiger partial charge in [-0.25, -0.2) is 4.98 Å². The molecule has 440 valence electrons. The van der Waals surface area contributed by atoms with Crippen LogP contribution in [0.25, 0.3) is 23.3 Å². The van der Waals surface area contributed by atoms with Crippen LogP contribution in [0.3, 0.4) is 0 Å². The van der Waals surface area contributed by atoms with Gasteiger partial charge in [0.05, 0.1) is 40.6 Å². The van der Waals surface area contributed by atoms with Gasteiger partial charge in [-0.3, -0.25) is 14.4 Å². The van der Waals surface area contributed by atoms with Gasteiger partial charge in [-0.05, 0) is 134 Å². The van der Waals surface area contributed by atoms with Crippen molar-refractivity contribution < 1.29 is 28.6 Å². The smallest absolute Gasteiger partial charge is 0.265 e. The molecule has 6 aliphatic heterocycles. The summed E-state index contributed by atoms with van der Waals surface area (Å²) in [7, 11) is 0. The number of piperidine rings is 3. The Kier molecular flexibility index (Phi) is 18.0. The number of halogens is 2. The van der Waals surface area contributed by atoms with E-state index in [1.54, 1.807) is 30.4 Å². The van der Waals surface area contributed by atoms with Crippen molar-refractivity contribution in [2.75, 3.05) is 59.1 Å². The van der Waals surface area contributed by atoms with Gasteiger partial charge in [0.2, 0.25) is 11.8 Å². The number of aromatic nitrogens is 1. The van der Waals surface area contributed by atoms with Crippen molar-refractivity contribution in [2.45, 2.75) is 88.3 Å². The number of thiazole rings is 1. The maximum atomic E-state index is 12.8. The van der Waals surface area contributed by atoms with Crippen molar-refractivity contribution in [3.8, 4) is 28.4 Å². The van der Waals surface area contributed by atoms with Crippen molar-refractivity contribution in [2.24, 2.45) is 17.2 Å². The number of ether oxygens (including phenoxy) is 3. The summed E-state index contributed by atoms with van der Waals surface area (Å²) in [5, 5.41) is 1.93. The third-order valence-electron chi connectivity index (χ3n) is 18.0. The Balaban J connectivity index is 0.000000134. The van der Waals surface area contributed by atoms with Crippen LogP contribution in [0.2, 0.25) is 10.0 Å². The molecule has 0 radical (unpaired) electrons. The summed E-state index contributed by atoms with van der Waals surface area (Å²) in [4.78, 5) is 49.2. The number of hydrogen-bond donors (Lipinski definition) is 3. The molecule has 3 saturated heterocycles. The SMILES string of the molecule is Cc1nc(C)c(C(=O)N2CCC3(CC2)COc2ccc(CN)cc23)s1.NCc1ccc2c(c1)C1(CCN(C(=O)/C=C/c3ccc(-c4ccccc4)cc3)CC1)CO2.NCc1ccc2c(c1)C1(CCN(C(=O)/C=C/c3ccc(Cl)c(Cl)c3)CC1)CO2. The second-order valence-corrected chi connectivity index (χ2v) is 25.2. The molecule has 3 spiro atoms. The highest BCUT2D eigenvalue weighted by Gasteiger charge is 2.46. The molecule has 0 saturated carbocycles. The molecule has 6 aromatic carbocycles. The Morgan fingerprint density at radius 3 is 1.34 bits per heavy atom. The lowest BCUT2D eigenvalue weighted by Crippen LogP contribution is -2.46. The number of nitrogens with two attached hydrogens (primary N) is 3. The fourth-order valence-electron chi connectivity index (χ4n) is 12.8. The summed E-state index contributed by atoms with van der Waals surface area (Å²) in [6, 6.07) is 42.6. The van der Waals surface area contributed by atoms with E-state index in [0.717, 1.165) is 125 Å². The maximum absolute atomic E-state index is 12.8. The first-order valence-corrected chi connectivity index (χ1v) is 30.9. The van der Waals surface area contributed by atoms with Gasteiger partial charge in [-0.2, -0.15) is 0 Å². The van der Waals surface area contributed by atoms with Crippen LogP contribution in [0.4, 0.5) is 0 Å². The molecule has 3 amide bonds.